The van der Waals surface area contributed by atoms with Crippen LogP contribution < -0.4 is 10.6 Å². The van der Waals surface area contributed by atoms with Gasteiger partial charge in [-0.2, -0.15) is 0 Å². The number of nitrogens with one attached hydrogen (secondary N) is 2. The number of benzene rings is 1. The molecule has 0 aliphatic carbocycles. The van der Waals surface area contributed by atoms with E-state index in [4.69, 9.17) is 4.74 Å². The molecule has 5 rings (SSSR count). The van der Waals surface area contributed by atoms with Gasteiger partial charge in [0.25, 0.3) is 5.91 Å². The predicted molar refractivity (Wildman–Crippen MR) is 122 cm³/mol. The predicted octanol–water partition coefficient (Wildman–Crippen LogP) is 2.69. The van der Waals surface area contributed by atoms with Crippen molar-refractivity contribution in [2.45, 2.75) is 17.8 Å². The molecule has 7 nitrogen and oxygen atoms in total. The molecular formula is C21H23N5O2S2. The number of fused-ring (bicyclic) bond motifs is 2. The number of carbonyl (C=O) groups excluding carboxylic acids is 1. The van der Waals surface area contributed by atoms with Gasteiger partial charge in [0.15, 0.2) is 12.0 Å². The Morgan fingerprint density at radius 2 is 2.17 bits per heavy atom. The Hall–Kier alpha value is -2.49. The van der Waals surface area contributed by atoms with Crippen LogP contribution in [0.5, 0.6) is 0 Å². The summed E-state index contributed by atoms with van der Waals surface area (Å²) in [6.07, 6.45) is 1.50. The van der Waals surface area contributed by atoms with Crippen LogP contribution in [0, 0.1) is 0 Å². The van der Waals surface area contributed by atoms with Crippen molar-refractivity contribution in [1.29, 1.82) is 0 Å². The van der Waals surface area contributed by atoms with E-state index in [1.165, 1.54) is 11.3 Å². The number of anilines is 1. The van der Waals surface area contributed by atoms with Crippen LogP contribution in [0.1, 0.15) is 20.1 Å². The van der Waals surface area contributed by atoms with Crippen LogP contribution in [-0.4, -0.2) is 61.4 Å². The van der Waals surface area contributed by atoms with Crippen LogP contribution in [0.2, 0.25) is 0 Å². The molecule has 4 heterocycles. The van der Waals surface area contributed by atoms with Crippen LogP contribution in [-0.2, 0) is 11.3 Å². The van der Waals surface area contributed by atoms with Gasteiger partial charge in [0.1, 0.15) is 6.61 Å². The number of aliphatic imine (C=N–C) groups is 1. The number of thiol groups is 1. The van der Waals surface area contributed by atoms with E-state index < -0.39 is 0 Å². The number of carbonyl (C=O) groups is 1. The Balaban J connectivity index is 1.41. The molecule has 0 saturated carbocycles. The number of amides is 1. The summed E-state index contributed by atoms with van der Waals surface area (Å²) < 4.78 is 5.96. The lowest BCUT2D eigenvalue weighted by molar-refractivity contribution is 0.0740. The van der Waals surface area contributed by atoms with E-state index in [0.29, 0.717) is 6.61 Å². The molecule has 3 aliphatic heterocycles. The average Bonchev–Trinajstić information content (AvgIpc) is 3.20. The molecule has 1 amide bonds. The third-order valence-electron chi connectivity index (χ3n) is 5.47. The minimum absolute atomic E-state index is 0.102. The summed E-state index contributed by atoms with van der Waals surface area (Å²) in [6.45, 7) is 3.64. The number of thiophene rings is 1. The van der Waals surface area contributed by atoms with Gasteiger partial charge in [-0.25, -0.2) is 4.99 Å². The van der Waals surface area contributed by atoms with Crippen LogP contribution in [0.4, 0.5) is 5.69 Å². The maximum Gasteiger partial charge on any atom is 0.264 e. The Bertz CT molecular complexity index is 1040. The molecule has 0 spiro atoms. The van der Waals surface area contributed by atoms with Gasteiger partial charge in [-0.1, -0.05) is 6.07 Å². The van der Waals surface area contributed by atoms with Crippen molar-refractivity contribution < 1.29 is 9.53 Å². The second-order valence-electron chi connectivity index (χ2n) is 7.45. The van der Waals surface area contributed by atoms with Gasteiger partial charge in [0.2, 0.25) is 0 Å². The van der Waals surface area contributed by atoms with Gasteiger partial charge < -0.3 is 25.2 Å². The van der Waals surface area contributed by atoms with Gasteiger partial charge in [-0.05, 0) is 24.3 Å². The number of piperazine rings is 1. The summed E-state index contributed by atoms with van der Waals surface area (Å²) in [5.74, 6) is 0.843. The highest BCUT2D eigenvalue weighted by molar-refractivity contribution is 7.80. The highest BCUT2D eigenvalue weighted by atomic mass is 32.1. The molecule has 1 unspecified atom stereocenters. The molecule has 3 aliphatic rings. The second kappa shape index (κ2) is 7.98. The van der Waals surface area contributed by atoms with Crippen molar-refractivity contribution in [1.82, 2.24) is 15.1 Å². The highest BCUT2D eigenvalue weighted by Gasteiger charge is 2.32. The van der Waals surface area contributed by atoms with Crippen LogP contribution in [0.25, 0.3) is 5.70 Å². The van der Waals surface area contributed by atoms with Gasteiger partial charge in [0, 0.05) is 49.4 Å². The fourth-order valence-electron chi connectivity index (χ4n) is 3.91. The number of hydrogen-bond donors (Lipinski definition) is 3. The average molecular weight is 442 g/mol. The minimum Gasteiger partial charge on any atom is -0.484 e. The monoisotopic (exact) mass is 441 g/mol. The summed E-state index contributed by atoms with van der Waals surface area (Å²) in [6, 6.07) is 9.87. The Morgan fingerprint density at radius 1 is 1.33 bits per heavy atom. The van der Waals surface area contributed by atoms with Crippen LogP contribution >= 0.6 is 24.0 Å². The van der Waals surface area contributed by atoms with E-state index in [1.807, 2.05) is 42.3 Å². The lowest BCUT2D eigenvalue weighted by Gasteiger charge is -2.36. The Labute approximate surface area is 184 Å². The van der Waals surface area contributed by atoms with Crippen LogP contribution in [0.15, 0.2) is 46.0 Å². The van der Waals surface area contributed by atoms with Crippen molar-refractivity contribution in [2.24, 2.45) is 4.99 Å². The fourth-order valence-corrected chi connectivity index (χ4v) is 5.18. The molecule has 2 aromatic rings. The molecule has 156 valence electrons. The highest BCUT2D eigenvalue weighted by Crippen LogP contribution is 2.39. The summed E-state index contributed by atoms with van der Waals surface area (Å²) in [4.78, 5) is 24.3. The van der Waals surface area contributed by atoms with Crippen molar-refractivity contribution in [3.8, 4) is 0 Å². The lowest BCUT2D eigenvalue weighted by Crippen LogP contribution is -2.46. The number of rotatable bonds is 3. The molecule has 0 bridgehead atoms. The molecule has 1 aromatic heterocycles. The maximum absolute atomic E-state index is 13.0. The first kappa shape index (κ1) is 19.5. The number of allylic oxidation sites excluding steroid dienone is 1. The Morgan fingerprint density at radius 3 is 2.97 bits per heavy atom. The zero-order chi connectivity index (χ0) is 20.7. The Kier molecular flexibility index (Phi) is 5.18. The van der Waals surface area contributed by atoms with E-state index in [0.717, 1.165) is 63.5 Å². The smallest absolute Gasteiger partial charge is 0.264 e. The molecule has 2 N–H and O–H groups in total. The van der Waals surface area contributed by atoms with Crippen LogP contribution in [0.3, 0.4) is 0 Å². The first-order valence-electron chi connectivity index (χ1n) is 9.92. The maximum atomic E-state index is 13.0. The first-order chi connectivity index (χ1) is 14.6. The summed E-state index contributed by atoms with van der Waals surface area (Å²) in [5, 5.41) is 6.72. The van der Waals surface area contributed by atoms with Gasteiger partial charge in [-0.3, -0.25) is 4.79 Å². The van der Waals surface area contributed by atoms with E-state index >= 15 is 0 Å². The zero-order valence-corrected chi connectivity index (χ0v) is 18.3. The molecule has 9 heteroatoms. The van der Waals surface area contributed by atoms with Gasteiger partial charge in [-0.15, -0.1) is 24.0 Å². The van der Waals surface area contributed by atoms with E-state index in [1.54, 1.807) is 6.21 Å². The standard InChI is InChI=1S/C21H23N5O2S2/c1-25-19-15-10-17(20(27)26-7-5-22-6-8-26)30-18(15)12-28-16(19)11-23-21(25)24-13-3-2-4-14(29)9-13/h2-4,9-11,21-22,24,29H,5-8,12H2,1H3. The molecule has 1 aromatic carbocycles. The largest absolute Gasteiger partial charge is 0.484 e. The minimum atomic E-state index is -0.277. The normalized spacial score (nSPS) is 20.5. The molecule has 1 atom stereocenters. The number of hydrogen-bond acceptors (Lipinski definition) is 8. The van der Waals surface area contributed by atoms with Gasteiger partial charge >= 0.3 is 0 Å². The quantitative estimate of drug-likeness (QED) is 0.639. The summed E-state index contributed by atoms with van der Waals surface area (Å²) >= 11 is 5.94. The third kappa shape index (κ3) is 3.57. The fraction of sp³-hybridized carbons (Fsp3) is 0.333. The van der Waals surface area contributed by atoms with Crippen molar-refractivity contribution in [3.63, 3.8) is 0 Å². The molecule has 0 radical (unpaired) electrons. The van der Waals surface area contributed by atoms with Crippen molar-refractivity contribution >= 4 is 47.5 Å². The number of nitrogens with zero attached hydrogens (tertiary/aromatic N) is 3. The number of ether oxygens (including phenoxy) is 1. The van der Waals surface area contributed by atoms with E-state index in [9.17, 15) is 4.79 Å². The summed E-state index contributed by atoms with van der Waals surface area (Å²) in [5.41, 5.74) is 2.96. The van der Waals surface area contributed by atoms with Crippen molar-refractivity contribution in [3.05, 3.63) is 51.4 Å². The molecular weight excluding hydrogens is 418 g/mol. The zero-order valence-electron chi connectivity index (χ0n) is 16.6. The molecule has 30 heavy (non-hydrogen) atoms. The van der Waals surface area contributed by atoms with E-state index in [-0.39, 0.29) is 12.2 Å². The van der Waals surface area contributed by atoms with Gasteiger partial charge in [0.05, 0.1) is 21.7 Å². The lowest BCUT2D eigenvalue weighted by atomic mass is 10.1. The van der Waals surface area contributed by atoms with E-state index in [2.05, 4.69) is 33.2 Å². The SMILES string of the molecule is CN1C2=C(C=NC1Nc1cccc(S)c1)OCc1sc(C(=O)N3CCNCC3)cc12. The summed E-state index contributed by atoms with van der Waals surface area (Å²) in [7, 11) is 1.99. The molecule has 1 saturated heterocycles. The first-order valence-corrected chi connectivity index (χ1v) is 11.2. The second-order valence-corrected chi connectivity index (χ2v) is 9.10. The topological polar surface area (TPSA) is 69.2 Å². The molecule has 1 fully saturated rings. The van der Waals surface area contributed by atoms with Crippen molar-refractivity contribution in [2.75, 3.05) is 38.5 Å². The third-order valence-corrected chi connectivity index (χ3v) is 6.84.